The van der Waals surface area contributed by atoms with Crippen LogP contribution in [0.4, 0.5) is 5.69 Å². The summed E-state index contributed by atoms with van der Waals surface area (Å²) in [6.07, 6.45) is 1.88. The highest BCUT2D eigenvalue weighted by atomic mass is 15.3. The third-order valence-corrected chi connectivity index (χ3v) is 2.56. The van der Waals surface area contributed by atoms with Crippen molar-refractivity contribution in [2.24, 2.45) is 9.98 Å². The smallest absolute Gasteiger partial charge is 0.138 e. The molecule has 0 aromatic heterocycles. The van der Waals surface area contributed by atoms with Gasteiger partial charge >= 0.3 is 0 Å². The largest absolute Gasteiger partial charge is 0.315 e. The third kappa shape index (κ3) is 0.985. The number of fused-ring (bicyclic) bond motifs is 3. The number of rotatable bonds is 0. The van der Waals surface area contributed by atoms with Crippen LogP contribution in [0.1, 0.15) is 12.5 Å². The molecular formula is C11H11N3. The van der Waals surface area contributed by atoms with Crippen molar-refractivity contribution in [3.63, 3.8) is 0 Å². The van der Waals surface area contributed by atoms with E-state index in [-0.39, 0.29) is 0 Å². The van der Waals surface area contributed by atoms with Gasteiger partial charge in [0.2, 0.25) is 0 Å². The molecule has 2 aliphatic heterocycles. The van der Waals surface area contributed by atoms with Crippen molar-refractivity contribution in [2.75, 3.05) is 6.54 Å². The van der Waals surface area contributed by atoms with E-state index in [0.717, 1.165) is 23.6 Å². The van der Waals surface area contributed by atoms with Gasteiger partial charge in [0.15, 0.2) is 0 Å². The summed E-state index contributed by atoms with van der Waals surface area (Å²) in [5.74, 6) is 1.07. The third-order valence-electron chi connectivity index (χ3n) is 2.56. The van der Waals surface area contributed by atoms with E-state index < -0.39 is 0 Å². The fraction of sp³-hybridized carbons (Fsp3) is 0.273. The molecule has 3 rings (SSSR count). The molecule has 1 aromatic carbocycles. The predicted molar refractivity (Wildman–Crippen MR) is 57.3 cm³/mol. The van der Waals surface area contributed by atoms with Crippen LogP contribution in [0.5, 0.6) is 0 Å². The van der Waals surface area contributed by atoms with Crippen molar-refractivity contribution in [3.8, 4) is 0 Å². The quantitative estimate of drug-likeness (QED) is 0.605. The van der Waals surface area contributed by atoms with Crippen molar-refractivity contribution < 1.29 is 0 Å². The predicted octanol–water partition coefficient (Wildman–Crippen LogP) is 1.81. The maximum Gasteiger partial charge on any atom is 0.138 e. The second-order valence-corrected chi connectivity index (χ2v) is 3.72. The summed E-state index contributed by atoms with van der Waals surface area (Å²) in [5, 5.41) is 0. The lowest BCUT2D eigenvalue weighted by Gasteiger charge is -2.20. The average molecular weight is 185 g/mol. The Morgan fingerprint density at radius 1 is 1.36 bits per heavy atom. The van der Waals surface area contributed by atoms with Crippen molar-refractivity contribution in [2.45, 2.75) is 13.0 Å². The molecule has 1 unspecified atom stereocenters. The van der Waals surface area contributed by atoms with Crippen LogP contribution >= 0.6 is 0 Å². The van der Waals surface area contributed by atoms with Gasteiger partial charge in [0, 0.05) is 12.1 Å². The van der Waals surface area contributed by atoms with E-state index in [1.54, 1.807) is 0 Å². The number of hydrogen-bond acceptors (Lipinski definition) is 3. The number of nitrogens with zero attached hydrogens (tertiary/aromatic N) is 3. The SMILES string of the molecule is CC1CN2C=Nc3ccccc3C2=N1. The van der Waals surface area contributed by atoms with E-state index in [1.807, 2.05) is 24.5 Å². The Balaban J connectivity index is 2.18. The Hall–Kier alpha value is -1.64. The van der Waals surface area contributed by atoms with Crippen LogP contribution in [0.15, 0.2) is 34.3 Å². The first-order valence-corrected chi connectivity index (χ1v) is 4.82. The molecule has 1 atom stereocenters. The first kappa shape index (κ1) is 7.74. The highest BCUT2D eigenvalue weighted by Crippen LogP contribution is 2.26. The summed E-state index contributed by atoms with van der Waals surface area (Å²) in [6, 6.07) is 8.51. The molecule has 0 saturated heterocycles. The monoisotopic (exact) mass is 185 g/mol. The molecule has 0 amide bonds. The van der Waals surface area contributed by atoms with Gasteiger partial charge in [-0.15, -0.1) is 0 Å². The first-order chi connectivity index (χ1) is 6.84. The minimum absolute atomic E-state index is 0.377. The minimum Gasteiger partial charge on any atom is -0.315 e. The molecule has 2 heterocycles. The Labute approximate surface area is 82.8 Å². The number of amidine groups is 1. The maximum absolute atomic E-state index is 4.60. The van der Waals surface area contributed by atoms with Gasteiger partial charge in [-0.2, -0.15) is 0 Å². The number of aliphatic imine (C=N–C) groups is 2. The van der Waals surface area contributed by atoms with E-state index in [0.29, 0.717) is 6.04 Å². The summed E-state index contributed by atoms with van der Waals surface area (Å²) in [6.45, 7) is 3.08. The molecule has 3 nitrogen and oxygen atoms in total. The summed E-state index contributed by atoms with van der Waals surface area (Å²) in [4.78, 5) is 11.1. The number of para-hydroxylation sites is 1. The van der Waals surface area contributed by atoms with Gasteiger partial charge in [0.05, 0.1) is 18.1 Å². The normalized spacial score (nSPS) is 23.1. The Bertz CT molecular complexity index is 434. The summed E-state index contributed by atoms with van der Waals surface area (Å²) >= 11 is 0. The van der Waals surface area contributed by atoms with Gasteiger partial charge in [0.25, 0.3) is 0 Å². The molecule has 14 heavy (non-hydrogen) atoms. The standard InChI is InChI=1S/C11H11N3/c1-8-6-14-7-12-10-5-3-2-4-9(10)11(14)13-8/h2-5,7-8H,6H2,1H3. The van der Waals surface area contributed by atoms with Gasteiger partial charge in [0.1, 0.15) is 5.84 Å². The van der Waals surface area contributed by atoms with E-state index in [1.165, 1.54) is 0 Å². The van der Waals surface area contributed by atoms with Crippen LogP contribution in [-0.2, 0) is 0 Å². The van der Waals surface area contributed by atoms with E-state index in [2.05, 4.69) is 27.9 Å². The van der Waals surface area contributed by atoms with Crippen molar-refractivity contribution in [3.05, 3.63) is 29.8 Å². The molecule has 0 spiro atoms. The molecule has 0 saturated carbocycles. The topological polar surface area (TPSA) is 28.0 Å². The molecule has 3 heteroatoms. The van der Waals surface area contributed by atoms with Crippen molar-refractivity contribution in [1.82, 2.24) is 4.90 Å². The van der Waals surface area contributed by atoms with Crippen LogP contribution < -0.4 is 0 Å². The van der Waals surface area contributed by atoms with E-state index >= 15 is 0 Å². The Morgan fingerprint density at radius 2 is 2.21 bits per heavy atom. The van der Waals surface area contributed by atoms with Gasteiger partial charge in [-0.25, -0.2) is 4.99 Å². The van der Waals surface area contributed by atoms with Gasteiger partial charge < -0.3 is 4.90 Å². The number of benzene rings is 1. The maximum atomic E-state index is 4.60. The van der Waals surface area contributed by atoms with Gasteiger partial charge in [-0.3, -0.25) is 4.99 Å². The van der Waals surface area contributed by atoms with Crippen molar-refractivity contribution >= 4 is 17.9 Å². The highest BCUT2D eigenvalue weighted by molar-refractivity contribution is 6.11. The molecule has 0 fully saturated rings. The van der Waals surface area contributed by atoms with Gasteiger partial charge in [-0.05, 0) is 19.1 Å². The number of hydrogen-bond donors (Lipinski definition) is 0. The average Bonchev–Trinajstić information content (AvgIpc) is 2.59. The Morgan fingerprint density at radius 3 is 3.14 bits per heavy atom. The highest BCUT2D eigenvalue weighted by Gasteiger charge is 2.26. The first-order valence-electron chi connectivity index (χ1n) is 4.82. The van der Waals surface area contributed by atoms with Crippen LogP contribution in [0.25, 0.3) is 0 Å². The van der Waals surface area contributed by atoms with Crippen LogP contribution in [0.2, 0.25) is 0 Å². The molecule has 0 radical (unpaired) electrons. The zero-order valence-corrected chi connectivity index (χ0v) is 8.01. The zero-order chi connectivity index (χ0) is 9.54. The molecule has 1 aromatic rings. The molecule has 0 bridgehead atoms. The molecule has 0 N–H and O–H groups in total. The summed E-state index contributed by atoms with van der Waals surface area (Å²) in [5.41, 5.74) is 2.18. The lowest BCUT2D eigenvalue weighted by molar-refractivity contribution is 0.609. The van der Waals surface area contributed by atoms with Crippen LogP contribution in [0.3, 0.4) is 0 Å². The van der Waals surface area contributed by atoms with Crippen LogP contribution in [-0.4, -0.2) is 29.7 Å². The summed E-state index contributed by atoms with van der Waals surface area (Å²) < 4.78 is 0. The van der Waals surface area contributed by atoms with Crippen molar-refractivity contribution in [1.29, 1.82) is 0 Å². The lowest BCUT2D eigenvalue weighted by atomic mass is 10.1. The molecular weight excluding hydrogens is 174 g/mol. The van der Waals surface area contributed by atoms with Gasteiger partial charge in [-0.1, -0.05) is 12.1 Å². The zero-order valence-electron chi connectivity index (χ0n) is 8.01. The Kier molecular flexibility index (Phi) is 1.48. The molecule has 70 valence electrons. The fourth-order valence-electron chi connectivity index (χ4n) is 1.93. The lowest BCUT2D eigenvalue weighted by Crippen LogP contribution is -2.30. The second-order valence-electron chi connectivity index (χ2n) is 3.72. The molecule has 0 aliphatic carbocycles. The van der Waals surface area contributed by atoms with Crippen LogP contribution in [0, 0.1) is 0 Å². The summed E-state index contributed by atoms with van der Waals surface area (Å²) in [7, 11) is 0. The fourth-order valence-corrected chi connectivity index (χ4v) is 1.93. The minimum atomic E-state index is 0.377. The second kappa shape index (κ2) is 2.67. The van der Waals surface area contributed by atoms with E-state index in [4.69, 9.17) is 0 Å². The molecule has 2 aliphatic rings. The van der Waals surface area contributed by atoms with E-state index in [9.17, 15) is 0 Å².